The highest BCUT2D eigenvalue weighted by atomic mass is 19.1. The molecule has 1 aromatic rings. The van der Waals surface area contributed by atoms with Crippen molar-refractivity contribution in [1.29, 1.82) is 0 Å². The summed E-state index contributed by atoms with van der Waals surface area (Å²) in [6.07, 6.45) is 0. The molecule has 0 aliphatic rings. The maximum Gasteiger partial charge on any atom is 0.190 e. The third kappa shape index (κ3) is 2.29. The number of rotatable bonds is 4. The molecular weight excluding hydrogens is 185 g/mol. The molecule has 2 N–H and O–H groups in total. The summed E-state index contributed by atoms with van der Waals surface area (Å²) in [5.41, 5.74) is 5.47. The van der Waals surface area contributed by atoms with Crippen LogP contribution in [0.4, 0.5) is 10.1 Å². The molecule has 0 radical (unpaired) electrons. The second-order valence-electron chi connectivity index (χ2n) is 2.76. The van der Waals surface area contributed by atoms with Crippen LogP contribution in [0.2, 0.25) is 0 Å². The third-order valence-corrected chi connectivity index (χ3v) is 1.79. The van der Waals surface area contributed by atoms with Crippen molar-refractivity contribution in [1.82, 2.24) is 0 Å². The Hall–Kier alpha value is -1.42. The van der Waals surface area contributed by atoms with Crippen LogP contribution in [0.1, 0.15) is 17.3 Å². The van der Waals surface area contributed by atoms with E-state index in [1.807, 2.05) is 0 Å². The fourth-order valence-corrected chi connectivity index (χ4v) is 1.05. The molecule has 0 unspecified atom stereocenters. The van der Waals surface area contributed by atoms with Crippen molar-refractivity contribution in [3.63, 3.8) is 0 Å². The van der Waals surface area contributed by atoms with Gasteiger partial charge in [0.05, 0.1) is 5.69 Å². The molecular formula is C10H12FNO2. The van der Waals surface area contributed by atoms with E-state index in [2.05, 4.69) is 0 Å². The van der Waals surface area contributed by atoms with Gasteiger partial charge in [-0.05, 0) is 19.1 Å². The SMILES string of the molecule is CCOCC(=O)c1cccc(F)c1N. The molecule has 1 aromatic carbocycles. The second kappa shape index (κ2) is 4.72. The molecule has 76 valence electrons. The van der Waals surface area contributed by atoms with E-state index in [0.717, 1.165) is 0 Å². The van der Waals surface area contributed by atoms with Crippen LogP contribution in [-0.2, 0) is 4.74 Å². The van der Waals surface area contributed by atoms with Gasteiger partial charge in [-0.25, -0.2) is 4.39 Å². The highest BCUT2D eigenvalue weighted by molar-refractivity contribution is 6.01. The third-order valence-electron chi connectivity index (χ3n) is 1.79. The minimum atomic E-state index is -0.577. The van der Waals surface area contributed by atoms with Gasteiger partial charge in [0.15, 0.2) is 5.78 Å². The standard InChI is InChI=1S/C10H12FNO2/c1-2-14-6-9(13)7-4-3-5-8(11)10(7)12/h3-5H,2,6,12H2,1H3. The van der Waals surface area contributed by atoms with Gasteiger partial charge in [0.1, 0.15) is 12.4 Å². The average Bonchev–Trinajstić information content (AvgIpc) is 2.18. The smallest absolute Gasteiger partial charge is 0.190 e. The Morgan fingerprint density at radius 2 is 2.29 bits per heavy atom. The van der Waals surface area contributed by atoms with Crippen LogP contribution in [0.25, 0.3) is 0 Å². The number of Topliss-reactive ketones (excluding diaryl/α,β-unsaturated/α-hetero) is 1. The Morgan fingerprint density at radius 1 is 1.57 bits per heavy atom. The van der Waals surface area contributed by atoms with E-state index in [-0.39, 0.29) is 23.6 Å². The quantitative estimate of drug-likeness (QED) is 0.589. The highest BCUT2D eigenvalue weighted by Gasteiger charge is 2.11. The number of nitrogen functional groups attached to an aromatic ring is 1. The highest BCUT2D eigenvalue weighted by Crippen LogP contribution is 2.16. The summed E-state index contributed by atoms with van der Waals surface area (Å²) >= 11 is 0. The molecule has 0 fully saturated rings. The number of ether oxygens (including phenoxy) is 1. The number of carbonyl (C=O) groups is 1. The molecule has 0 heterocycles. The zero-order chi connectivity index (χ0) is 10.6. The zero-order valence-electron chi connectivity index (χ0n) is 7.92. The van der Waals surface area contributed by atoms with E-state index < -0.39 is 5.82 Å². The van der Waals surface area contributed by atoms with Gasteiger partial charge in [0.25, 0.3) is 0 Å². The van der Waals surface area contributed by atoms with Gasteiger partial charge >= 0.3 is 0 Å². The summed E-state index contributed by atoms with van der Waals surface area (Å²) in [6, 6.07) is 4.15. The van der Waals surface area contributed by atoms with Crippen molar-refractivity contribution < 1.29 is 13.9 Å². The van der Waals surface area contributed by atoms with Crippen molar-refractivity contribution in [2.45, 2.75) is 6.92 Å². The van der Waals surface area contributed by atoms with E-state index in [4.69, 9.17) is 10.5 Å². The van der Waals surface area contributed by atoms with Crippen LogP contribution in [0.5, 0.6) is 0 Å². The summed E-state index contributed by atoms with van der Waals surface area (Å²) in [4.78, 5) is 11.4. The first kappa shape index (κ1) is 10.7. The molecule has 0 saturated carbocycles. The molecule has 3 nitrogen and oxygen atoms in total. The lowest BCUT2D eigenvalue weighted by Crippen LogP contribution is -2.12. The van der Waals surface area contributed by atoms with Crippen LogP contribution in [0.3, 0.4) is 0 Å². The zero-order valence-corrected chi connectivity index (χ0v) is 7.92. The topological polar surface area (TPSA) is 52.3 Å². The fraction of sp³-hybridized carbons (Fsp3) is 0.300. The molecule has 4 heteroatoms. The van der Waals surface area contributed by atoms with Crippen LogP contribution >= 0.6 is 0 Å². The largest absolute Gasteiger partial charge is 0.396 e. The van der Waals surface area contributed by atoms with Gasteiger partial charge in [-0.15, -0.1) is 0 Å². The second-order valence-corrected chi connectivity index (χ2v) is 2.76. The molecule has 0 saturated heterocycles. The predicted octanol–water partition coefficient (Wildman–Crippen LogP) is 1.63. The first-order valence-electron chi connectivity index (χ1n) is 4.31. The molecule has 0 spiro atoms. The maximum atomic E-state index is 12.9. The monoisotopic (exact) mass is 197 g/mol. The van der Waals surface area contributed by atoms with Gasteiger partial charge in [-0.3, -0.25) is 4.79 Å². The Labute approximate surface area is 81.7 Å². The first-order valence-corrected chi connectivity index (χ1v) is 4.31. The van der Waals surface area contributed by atoms with Gasteiger partial charge in [-0.1, -0.05) is 6.07 Å². The number of benzene rings is 1. The lowest BCUT2D eigenvalue weighted by atomic mass is 10.1. The van der Waals surface area contributed by atoms with Crippen molar-refractivity contribution in [2.24, 2.45) is 0 Å². The normalized spacial score (nSPS) is 10.1. The Kier molecular flexibility index (Phi) is 3.59. The summed E-state index contributed by atoms with van der Waals surface area (Å²) in [5.74, 6) is -0.879. The lowest BCUT2D eigenvalue weighted by Gasteiger charge is -2.05. The van der Waals surface area contributed by atoms with Crippen LogP contribution < -0.4 is 5.73 Å². The number of hydrogen-bond acceptors (Lipinski definition) is 3. The maximum absolute atomic E-state index is 12.9. The molecule has 1 rings (SSSR count). The van der Waals surface area contributed by atoms with Gasteiger partial charge in [0.2, 0.25) is 0 Å². The fourth-order valence-electron chi connectivity index (χ4n) is 1.05. The molecule has 0 aliphatic heterocycles. The number of carbonyl (C=O) groups excluding carboxylic acids is 1. The number of halogens is 1. The molecule has 0 amide bonds. The van der Waals surface area contributed by atoms with E-state index in [1.54, 1.807) is 6.92 Å². The summed E-state index contributed by atoms with van der Waals surface area (Å²) in [7, 11) is 0. The van der Waals surface area contributed by atoms with E-state index in [9.17, 15) is 9.18 Å². The number of nitrogens with two attached hydrogens (primary N) is 1. The molecule has 0 aromatic heterocycles. The minimum absolute atomic E-state index is 0.0653. The number of anilines is 1. The molecule has 14 heavy (non-hydrogen) atoms. The number of hydrogen-bond donors (Lipinski definition) is 1. The number of para-hydroxylation sites is 1. The van der Waals surface area contributed by atoms with E-state index >= 15 is 0 Å². The van der Waals surface area contributed by atoms with E-state index in [0.29, 0.717) is 6.61 Å². The lowest BCUT2D eigenvalue weighted by molar-refractivity contribution is 0.0784. The van der Waals surface area contributed by atoms with Gasteiger partial charge < -0.3 is 10.5 Å². The molecule has 0 atom stereocenters. The number of ketones is 1. The summed E-state index contributed by atoms with van der Waals surface area (Å²) in [5, 5.41) is 0. The predicted molar refractivity (Wildman–Crippen MR) is 51.6 cm³/mol. The van der Waals surface area contributed by atoms with Crippen LogP contribution in [-0.4, -0.2) is 19.0 Å². The van der Waals surface area contributed by atoms with Gasteiger partial charge in [0, 0.05) is 12.2 Å². The Bertz CT molecular complexity index is 339. The Balaban J connectivity index is 2.84. The van der Waals surface area contributed by atoms with Crippen LogP contribution in [0, 0.1) is 5.82 Å². The molecule has 0 bridgehead atoms. The van der Waals surface area contributed by atoms with Gasteiger partial charge in [-0.2, -0.15) is 0 Å². The van der Waals surface area contributed by atoms with Crippen molar-refractivity contribution in [3.8, 4) is 0 Å². The van der Waals surface area contributed by atoms with Crippen molar-refractivity contribution in [2.75, 3.05) is 18.9 Å². The van der Waals surface area contributed by atoms with Crippen LogP contribution in [0.15, 0.2) is 18.2 Å². The Morgan fingerprint density at radius 3 is 2.93 bits per heavy atom. The van der Waals surface area contributed by atoms with Crippen molar-refractivity contribution in [3.05, 3.63) is 29.6 Å². The summed E-state index contributed by atoms with van der Waals surface area (Å²) < 4.78 is 17.9. The summed E-state index contributed by atoms with van der Waals surface area (Å²) in [6.45, 7) is 2.16. The minimum Gasteiger partial charge on any atom is -0.396 e. The van der Waals surface area contributed by atoms with Crippen molar-refractivity contribution >= 4 is 11.5 Å². The average molecular weight is 197 g/mol. The first-order chi connectivity index (χ1) is 6.66. The van der Waals surface area contributed by atoms with E-state index in [1.165, 1.54) is 18.2 Å². The molecule has 0 aliphatic carbocycles.